The number of ether oxygens (including phenoxy) is 1. The highest BCUT2D eigenvalue weighted by atomic mass is 19.1. The van der Waals surface area contributed by atoms with Crippen molar-refractivity contribution in [2.75, 3.05) is 13.7 Å². The summed E-state index contributed by atoms with van der Waals surface area (Å²) in [7, 11) is 1.70. The summed E-state index contributed by atoms with van der Waals surface area (Å²) >= 11 is 0. The van der Waals surface area contributed by atoms with Crippen LogP contribution in [0.15, 0.2) is 30.5 Å². The van der Waals surface area contributed by atoms with Crippen LogP contribution in [0.3, 0.4) is 0 Å². The number of H-pyrrole nitrogens is 1. The van der Waals surface area contributed by atoms with Gasteiger partial charge in [-0.3, -0.25) is 9.89 Å². The summed E-state index contributed by atoms with van der Waals surface area (Å²) in [6, 6.07) is 7.26. The van der Waals surface area contributed by atoms with Crippen molar-refractivity contribution in [2.24, 2.45) is 5.92 Å². The van der Waals surface area contributed by atoms with Gasteiger partial charge in [-0.15, -0.1) is 0 Å². The van der Waals surface area contributed by atoms with Crippen LogP contribution in [0.1, 0.15) is 62.3 Å². The third-order valence-corrected chi connectivity index (χ3v) is 7.41. The lowest BCUT2D eigenvalue weighted by molar-refractivity contribution is -0.142. The summed E-state index contributed by atoms with van der Waals surface area (Å²) in [5.74, 6) is -1.10. The van der Waals surface area contributed by atoms with Crippen LogP contribution >= 0.6 is 0 Å². The quantitative estimate of drug-likeness (QED) is 0.375. The number of aromatic amines is 1. The number of carboxylic acids is 1. The SMILES string of the molecule is COCC(C)(C)c1c(C2CCC(C(=O)O)CC2)c2nc3[nH]ncc3cc2n1-c1ccc(F)c(C)c1. The van der Waals surface area contributed by atoms with Crippen molar-refractivity contribution in [1.29, 1.82) is 0 Å². The van der Waals surface area contributed by atoms with Crippen molar-refractivity contribution >= 4 is 28.0 Å². The zero-order valence-electron chi connectivity index (χ0n) is 20.6. The number of aryl methyl sites for hydroxylation is 1. The van der Waals surface area contributed by atoms with Crippen LogP contribution in [-0.4, -0.2) is 44.5 Å². The fraction of sp³-hybridized carbons (Fsp3) is 0.444. The zero-order valence-corrected chi connectivity index (χ0v) is 20.6. The van der Waals surface area contributed by atoms with Crippen LogP contribution in [0.25, 0.3) is 27.8 Å². The highest BCUT2D eigenvalue weighted by Crippen LogP contribution is 2.46. The Balaban J connectivity index is 1.83. The Kier molecular flexibility index (Phi) is 5.87. The van der Waals surface area contributed by atoms with Crippen LogP contribution in [0.5, 0.6) is 0 Å². The Labute approximate surface area is 203 Å². The van der Waals surface area contributed by atoms with E-state index in [2.05, 4.69) is 34.7 Å². The molecule has 0 saturated heterocycles. The first kappa shape index (κ1) is 23.5. The standard InChI is InChI=1S/C27H31FN4O3/c1-15-11-19(9-10-20(15)28)32-21-12-18-13-29-31-25(18)30-23(21)22(24(32)27(2,3)14-35-4)16-5-7-17(8-6-16)26(33)34/h9-13,16-17H,5-8,14H2,1-4H3,(H,33,34)(H,29,30,31). The number of rotatable bonds is 6. The third-order valence-electron chi connectivity index (χ3n) is 7.41. The number of nitrogens with one attached hydrogen (secondary N) is 1. The van der Waals surface area contributed by atoms with E-state index in [9.17, 15) is 14.3 Å². The summed E-state index contributed by atoms with van der Waals surface area (Å²) in [6.07, 6.45) is 4.58. The molecule has 3 aromatic heterocycles. The maximum absolute atomic E-state index is 14.2. The molecule has 3 heterocycles. The molecule has 4 aromatic rings. The average Bonchev–Trinajstić information content (AvgIpc) is 3.41. The predicted octanol–water partition coefficient (Wildman–Crippen LogP) is 5.63. The number of pyridine rings is 1. The minimum atomic E-state index is -0.718. The van der Waals surface area contributed by atoms with Gasteiger partial charge in [0.25, 0.3) is 0 Å². The van der Waals surface area contributed by atoms with Gasteiger partial charge in [0.1, 0.15) is 5.82 Å². The number of aliphatic carboxylic acids is 1. The predicted molar refractivity (Wildman–Crippen MR) is 133 cm³/mol. The first-order valence-electron chi connectivity index (χ1n) is 12.1. The van der Waals surface area contributed by atoms with E-state index in [1.807, 2.05) is 6.07 Å². The molecule has 0 aliphatic heterocycles. The number of aromatic nitrogens is 4. The fourth-order valence-corrected chi connectivity index (χ4v) is 5.74. The molecule has 1 aromatic carbocycles. The fourth-order valence-electron chi connectivity index (χ4n) is 5.74. The molecule has 1 saturated carbocycles. The molecule has 5 rings (SSSR count). The van der Waals surface area contributed by atoms with Gasteiger partial charge in [-0.25, -0.2) is 9.37 Å². The van der Waals surface area contributed by atoms with Crippen LogP contribution in [0.2, 0.25) is 0 Å². The maximum Gasteiger partial charge on any atom is 0.306 e. The lowest BCUT2D eigenvalue weighted by Gasteiger charge is -2.32. The summed E-state index contributed by atoms with van der Waals surface area (Å²) < 4.78 is 22.1. The van der Waals surface area contributed by atoms with E-state index in [1.54, 1.807) is 26.3 Å². The van der Waals surface area contributed by atoms with Gasteiger partial charge in [0.05, 0.1) is 29.8 Å². The summed E-state index contributed by atoms with van der Waals surface area (Å²) in [4.78, 5) is 16.6. The molecule has 0 spiro atoms. The first-order chi connectivity index (χ1) is 16.7. The van der Waals surface area contributed by atoms with Crippen molar-refractivity contribution in [3.8, 4) is 5.69 Å². The van der Waals surface area contributed by atoms with E-state index < -0.39 is 5.97 Å². The van der Waals surface area contributed by atoms with Crippen molar-refractivity contribution in [2.45, 2.75) is 57.8 Å². The Morgan fingerprint density at radius 3 is 2.66 bits per heavy atom. The molecule has 7 nitrogen and oxygen atoms in total. The number of methoxy groups -OCH3 is 1. The zero-order chi connectivity index (χ0) is 24.9. The number of fused-ring (bicyclic) bond motifs is 2. The lowest BCUT2D eigenvalue weighted by atomic mass is 9.75. The number of carboxylic acid groups (broad SMARTS) is 1. The minimum absolute atomic E-state index is 0.162. The molecule has 1 aliphatic rings. The molecule has 0 unspecified atom stereocenters. The molecule has 8 heteroatoms. The van der Waals surface area contributed by atoms with Crippen LogP contribution in [0.4, 0.5) is 4.39 Å². The highest BCUT2D eigenvalue weighted by molar-refractivity contribution is 5.94. The summed E-state index contributed by atoms with van der Waals surface area (Å²) in [5.41, 5.74) is 5.77. The average molecular weight is 479 g/mol. The van der Waals surface area contributed by atoms with E-state index in [-0.39, 0.29) is 23.1 Å². The second-order valence-corrected chi connectivity index (χ2v) is 10.4. The smallest absolute Gasteiger partial charge is 0.306 e. The Bertz CT molecular complexity index is 1410. The highest BCUT2D eigenvalue weighted by Gasteiger charge is 2.37. The van der Waals surface area contributed by atoms with Crippen molar-refractivity contribution in [3.05, 3.63) is 53.1 Å². The molecular formula is C27H31FN4O3. The van der Waals surface area contributed by atoms with Crippen LogP contribution in [-0.2, 0) is 14.9 Å². The molecule has 35 heavy (non-hydrogen) atoms. The maximum atomic E-state index is 14.2. The first-order valence-corrected chi connectivity index (χ1v) is 12.1. The van der Waals surface area contributed by atoms with Crippen molar-refractivity contribution in [1.82, 2.24) is 19.7 Å². The van der Waals surface area contributed by atoms with E-state index in [1.165, 1.54) is 6.07 Å². The van der Waals surface area contributed by atoms with E-state index in [0.717, 1.165) is 46.2 Å². The molecule has 0 bridgehead atoms. The molecule has 2 N–H and O–H groups in total. The summed E-state index contributed by atoms with van der Waals surface area (Å²) in [6.45, 7) is 6.56. The van der Waals surface area contributed by atoms with Gasteiger partial charge in [0, 0.05) is 34.9 Å². The van der Waals surface area contributed by atoms with E-state index >= 15 is 0 Å². The Hall–Kier alpha value is -3.26. The van der Waals surface area contributed by atoms with Crippen LogP contribution < -0.4 is 0 Å². The largest absolute Gasteiger partial charge is 0.481 e. The third kappa shape index (κ3) is 3.99. The number of nitrogens with zero attached hydrogens (tertiary/aromatic N) is 3. The van der Waals surface area contributed by atoms with Gasteiger partial charge in [0.15, 0.2) is 5.65 Å². The Morgan fingerprint density at radius 1 is 1.26 bits per heavy atom. The van der Waals surface area contributed by atoms with Crippen molar-refractivity contribution < 1.29 is 19.0 Å². The second kappa shape index (κ2) is 8.75. The number of hydrogen-bond donors (Lipinski definition) is 2. The molecule has 1 aliphatic carbocycles. The molecular weight excluding hydrogens is 447 g/mol. The van der Waals surface area contributed by atoms with Crippen LogP contribution in [0, 0.1) is 18.7 Å². The van der Waals surface area contributed by atoms with Gasteiger partial charge < -0.3 is 14.4 Å². The Morgan fingerprint density at radius 2 is 2.00 bits per heavy atom. The monoisotopic (exact) mass is 478 g/mol. The van der Waals surface area contributed by atoms with E-state index in [0.29, 0.717) is 30.7 Å². The van der Waals surface area contributed by atoms with Gasteiger partial charge in [-0.05, 0) is 68.4 Å². The number of carbonyl (C=O) groups is 1. The molecule has 184 valence electrons. The number of benzene rings is 1. The normalized spacial score (nSPS) is 19.0. The topological polar surface area (TPSA) is 93.0 Å². The lowest BCUT2D eigenvalue weighted by Crippen LogP contribution is -2.29. The number of hydrogen-bond acceptors (Lipinski definition) is 4. The van der Waals surface area contributed by atoms with Gasteiger partial charge in [-0.2, -0.15) is 5.10 Å². The van der Waals surface area contributed by atoms with Crippen molar-refractivity contribution in [3.63, 3.8) is 0 Å². The summed E-state index contributed by atoms with van der Waals surface area (Å²) in [5, 5.41) is 17.6. The number of halogens is 1. The van der Waals surface area contributed by atoms with Gasteiger partial charge >= 0.3 is 5.97 Å². The minimum Gasteiger partial charge on any atom is -0.481 e. The molecule has 0 amide bonds. The van der Waals surface area contributed by atoms with Gasteiger partial charge in [-0.1, -0.05) is 13.8 Å². The second-order valence-electron chi connectivity index (χ2n) is 10.4. The molecule has 1 fully saturated rings. The van der Waals surface area contributed by atoms with E-state index in [4.69, 9.17) is 9.72 Å². The molecule has 0 radical (unpaired) electrons. The van der Waals surface area contributed by atoms with Gasteiger partial charge in [0.2, 0.25) is 0 Å². The molecule has 0 atom stereocenters.